The van der Waals surface area contributed by atoms with Crippen LogP contribution in [0, 0.1) is 0 Å². The summed E-state index contributed by atoms with van der Waals surface area (Å²) in [7, 11) is 0. The van der Waals surface area contributed by atoms with Gasteiger partial charge in [0, 0.05) is 12.3 Å². The fraction of sp³-hybridized carbons (Fsp3) is 0.444. The maximum Gasteiger partial charge on any atom is 0.407 e. The predicted molar refractivity (Wildman–Crippen MR) is 128 cm³/mol. The van der Waals surface area contributed by atoms with Gasteiger partial charge in [0.2, 0.25) is 5.91 Å². The molecule has 0 aliphatic heterocycles. The molecule has 2 amide bonds. The Bertz CT molecular complexity index is 1040. The Morgan fingerprint density at radius 2 is 1.53 bits per heavy atom. The van der Waals surface area contributed by atoms with Gasteiger partial charge >= 0.3 is 12.1 Å². The number of hydrogen-bond donors (Lipinski definition) is 3. The molecule has 2 aliphatic rings. The Morgan fingerprint density at radius 1 is 0.971 bits per heavy atom. The number of carbonyl (C=O) groups excluding carboxylic acids is 2. The molecule has 0 saturated heterocycles. The minimum atomic E-state index is -1.38. The van der Waals surface area contributed by atoms with E-state index in [0.29, 0.717) is 12.8 Å². The van der Waals surface area contributed by atoms with Crippen LogP contribution in [0.15, 0.2) is 48.5 Å². The number of nitrogens with one attached hydrogen (secondary N) is 2. The number of rotatable bonds is 7. The SMILES string of the molecule is CC(C)(NC(=O)CC1(NC(=O)OCC2c3ccccc3-c3ccccc32)CCCCC1)C(=O)O. The van der Waals surface area contributed by atoms with Gasteiger partial charge in [-0.25, -0.2) is 9.59 Å². The molecule has 1 fully saturated rings. The number of carboxylic acid groups (broad SMARTS) is 1. The van der Waals surface area contributed by atoms with E-state index in [-0.39, 0.29) is 18.9 Å². The lowest BCUT2D eigenvalue weighted by Gasteiger charge is -2.38. The van der Waals surface area contributed by atoms with Crippen LogP contribution in [-0.2, 0) is 14.3 Å². The van der Waals surface area contributed by atoms with Crippen LogP contribution in [0.1, 0.15) is 69.4 Å². The molecule has 0 aromatic heterocycles. The van der Waals surface area contributed by atoms with E-state index in [1.54, 1.807) is 0 Å². The Kier molecular flexibility index (Phi) is 6.64. The van der Waals surface area contributed by atoms with Crippen LogP contribution in [0.3, 0.4) is 0 Å². The van der Waals surface area contributed by atoms with Gasteiger partial charge in [0.25, 0.3) is 0 Å². The molecule has 7 heteroatoms. The number of carboxylic acids is 1. The summed E-state index contributed by atoms with van der Waals surface area (Å²) in [6, 6.07) is 16.3. The van der Waals surface area contributed by atoms with E-state index in [2.05, 4.69) is 34.9 Å². The molecule has 0 radical (unpaired) electrons. The van der Waals surface area contributed by atoms with Crippen molar-refractivity contribution in [2.75, 3.05) is 6.61 Å². The van der Waals surface area contributed by atoms with Crippen molar-refractivity contribution in [1.29, 1.82) is 0 Å². The minimum Gasteiger partial charge on any atom is -0.480 e. The van der Waals surface area contributed by atoms with Crippen molar-refractivity contribution in [3.63, 3.8) is 0 Å². The van der Waals surface area contributed by atoms with E-state index in [4.69, 9.17) is 4.74 Å². The van der Waals surface area contributed by atoms with Gasteiger partial charge in [-0.15, -0.1) is 0 Å². The summed E-state index contributed by atoms with van der Waals surface area (Å²) >= 11 is 0. The minimum absolute atomic E-state index is 0.0217. The van der Waals surface area contributed by atoms with Gasteiger partial charge in [0.1, 0.15) is 12.1 Å². The van der Waals surface area contributed by atoms with Gasteiger partial charge in [-0.2, -0.15) is 0 Å². The van der Waals surface area contributed by atoms with Crippen LogP contribution in [-0.4, -0.2) is 40.8 Å². The topological polar surface area (TPSA) is 105 Å². The summed E-state index contributed by atoms with van der Waals surface area (Å²) in [5.74, 6) is -1.54. The number of carbonyl (C=O) groups is 3. The highest BCUT2D eigenvalue weighted by atomic mass is 16.5. The lowest BCUT2D eigenvalue weighted by molar-refractivity contribution is -0.146. The van der Waals surface area contributed by atoms with E-state index in [0.717, 1.165) is 41.5 Å². The second-order valence-corrected chi connectivity index (χ2v) is 9.95. The van der Waals surface area contributed by atoms with Gasteiger partial charge in [0.15, 0.2) is 0 Å². The molecular weight excluding hydrogens is 432 g/mol. The molecule has 0 bridgehead atoms. The van der Waals surface area contributed by atoms with Crippen LogP contribution in [0.2, 0.25) is 0 Å². The molecule has 3 N–H and O–H groups in total. The normalized spacial score (nSPS) is 16.8. The molecule has 2 aromatic rings. The highest BCUT2D eigenvalue weighted by molar-refractivity contribution is 5.87. The highest BCUT2D eigenvalue weighted by Crippen LogP contribution is 2.44. The number of alkyl carbamates (subject to hydrolysis) is 1. The summed E-state index contributed by atoms with van der Waals surface area (Å²) in [6.45, 7) is 3.09. The zero-order valence-corrected chi connectivity index (χ0v) is 19.7. The van der Waals surface area contributed by atoms with Crippen molar-refractivity contribution >= 4 is 18.0 Å². The van der Waals surface area contributed by atoms with Crippen molar-refractivity contribution in [2.24, 2.45) is 0 Å². The maximum absolute atomic E-state index is 12.9. The summed E-state index contributed by atoms with van der Waals surface area (Å²) in [4.78, 5) is 37.0. The molecule has 7 nitrogen and oxygen atoms in total. The summed E-state index contributed by atoms with van der Waals surface area (Å²) in [5, 5.41) is 14.9. The van der Waals surface area contributed by atoms with E-state index >= 15 is 0 Å². The van der Waals surface area contributed by atoms with Crippen molar-refractivity contribution < 1.29 is 24.2 Å². The average molecular weight is 465 g/mol. The summed E-state index contributed by atoms with van der Waals surface area (Å²) < 4.78 is 5.71. The van der Waals surface area contributed by atoms with Gasteiger partial charge in [-0.1, -0.05) is 67.8 Å². The third-order valence-corrected chi connectivity index (χ3v) is 7.01. The molecule has 0 unspecified atom stereocenters. The first-order valence-corrected chi connectivity index (χ1v) is 11.9. The van der Waals surface area contributed by atoms with Crippen LogP contribution in [0.5, 0.6) is 0 Å². The number of fused-ring (bicyclic) bond motifs is 3. The first-order chi connectivity index (χ1) is 16.2. The zero-order valence-electron chi connectivity index (χ0n) is 19.7. The number of ether oxygens (including phenoxy) is 1. The smallest absolute Gasteiger partial charge is 0.407 e. The zero-order chi connectivity index (χ0) is 24.3. The van der Waals surface area contributed by atoms with Gasteiger partial charge < -0.3 is 20.5 Å². The second-order valence-electron chi connectivity index (χ2n) is 9.95. The molecule has 4 rings (SSSR count). The molecule has 180 valence electrons. The fourth-order valence-corrected chi connectivity index (χ4v) is 5.18. The van der Waals surface area contributed by atoms with Crippen molar-refractivity contribution in [2.45, 2.75) is 69.4 Å². The Labute approximate surface area is 199 Å². The van der Waals surface area contributed by atoms with E-state index < -0.39 is 29.0 Å². The highest BCUT2D eigenvalue weighted by Gasteiger charge is 2.39. The van der Waals surface area contributed by atoms with Gasteiger partial charge in [0.05, 0.1) is 5.54 Å². The van der Waals surface area contributed by atoms with Gasteiger partial charge in [-0.05, 0) is 48.9 Å². The maximum atomic E-state index is 12.9. The molecular formula is C27H32N2O5. The van der Waals surface area contributed by atoms with Crippen LogP contribution < -0.4 is 10.6 Å². The quantitative estimate of drug-likeness (QED) is 0.556. The summed E-state index contributed by atoms with van der Waals surface area (Å²) in [5.41, 5.74) is 2.48. The number of hydrogen-bond acceptors (Lipinski definition) is 4. The van der Waals surface area contributed by atoms with Crippen molar-refractivity contribution in [3.05, 3.63) is 59.7 Å². The van der Waals surface area contributed by atoms with Crippen molar-refractivity contribution in [3.8, 4) is 11.1 Å². The van der Waals surface area contributed by atoms with Crippen LogP contribution in [0.25, 0.3) is 11.1 Å². The monoisotopic (exact) mass is 464 g/mol. The molecule has 0 spiro atoms. The summed E-state index contributed by atoms with van der Waals surface area (Å²) in [6.07, 6.45) is 3.59. The molecule has 2 aliphatic carbocycles. The predicted octanol–water partition coefficient (Wildman–Crippen LogP) is 4.60. The lowest BCUT2D eigenvalue weighted by atomic mass is 9.79. The first kappa shape index (κ1) is 23.8. The van der Waals surface area contributed by atoms with Crippen LogP contribution >= 0.6 is 0 Å². The standard InChI is InChI=1S/C27H32N2O5/c1-26(2,24(31)32)28-23(30)16-27(14-8-3-9-15-27)29-25(33)34-17-22-20-12-6-4-10-18(20)19-11-5-7-13-21(19)22/h4-7,10-13,22H,3,8-9,14-17H2,1-2H3,(H,28,30)(H,29,33)(H,31,32). The average Bonchev–Trinajstić information content (AvgIpc) is 3.11. The van der Waals surface area contributed by atoms with Crippen molar-refractivity contribution in [1.82, 2.24) is 10.6 Å². The third kappa shape index (κ3) is 4.93. The van der Waals surface area contributed by atoms with E-state index in [9.17, 15) is 19.5 Å². The third-order valence-electron chi connectivity index (χ3n) is 7.01. The molecule has 2 aromatic carbocycles. The second kappa shape index (κ2) is 9.49. The van der Waals surface area contributed by atoms with E-state index in [1.807, 2.05) is 24.3 Å². The van der Waals surface area contributed by atoms with Gasteiger partial charge in [-0.3, -0.25) is 4.79 Å². The number of amides is 2. The lowest BCUT2D eigenvalue weighted by Crippen LogP contribution is -2.56. The number of benzene rings is 2. The molecule has 0 atom stereocenters. The Balaban J connectivity index is 1.43. The Hall–Kier alpha value is -3.35. The molecule has 0 heterocycles. The fourth-order valence-electron chi connectivity index (χ4n) is 5.18. The number of aliphatic carboxylic acids is 1. The van der Waals surface area contributed by atoms with E-state index in [1.165, 1.54) is 13.8 Å². The molecule has 34 heavy (non-hydrogen) atoms. The van der Waals surface area contributed by atoms with Crippen LogP contribution in [0.4, 0.5) is 4.79 Å². The first-order valence-electron chi connectivity index (χ1n) is 11.9. The Morgan fingerprint density at radius 3 is 2.09 bits per heavy atom. The largest absolute Gasteiger partial charge is 0.480 e. The molecule has 1 saturated carbocycles.